The molecule has 0 aromatic heterocycles. The number of ketones is 1. The molecule has 0 unspecified atom stereocenters. The lowest BCUT2D eigenvalue weighted by atomic mass is 9.91. The normalized spacial score (nSPS) is 12.1. The van der Waals surface area contributed by atoms with Crippen LogP contribution in [0.2, 0.25) is 0 Å². The molecule has 5 rings (SSSR count). The number of hydrogen-bond donors (Lipinski definition) is 7. The number of quaternary nitrogens is 1. The first-order chi connectivity index (χ1) is 29.1. The molecule has 15 heteroatoms. The van der Waals surface area contributed by atoms with Gasteiger partial charge in [-0.2, -0.15) is 0 Å². The molecule has 0 aliphatic rings. The molecule has 0 aliphatic carbocycles. The summed E-state index contributed by atoms with van der Waals surface area (Å²) >= 11 is 0. The highest BCUT2D eigenvalue weighted by Crippen LogP contribution is 2.45. The van der Waals surface area contributed by atoms with Crippen LogP contribution in [-0.2, 0) is 30.5 Å². The largest absolute Gasteiger partial charge is 1.00 e. The Hall–Kier alpha value is -6.15. The molecule has 13 nitrogen and oxygen atoms in total. The summed E-state index contributed by atoms with van der Waals surface area (Å²) in [5.74, 6) is -2.40. The number of benzene rings is 5. The number of Topliss-reactive ketones (excluding diaryl/α,β-unsaturated/α-hetero) is 1. The Labute approximate surface area is 374 Å². The highest BCUT2D eigenvalue weighted by molar-refractivity contribution is 6.09. The van der Waals surface area contributed by atoms with E-state index < -0.39 is 42.4 Å². The lowest BCUT2D eigenvalue weighted by Crippen LogP contribution is -3.00. The third-order valence-electron chi connectivity index (χ3n) is 10.2. The van der Waals surface area contributed by atoms with Crippen LogP contribution in [0.5, 0.6) is 11.5 Å². The number of halogens is 2. The maximum Gasteiger partial charge on any atom is 0.338 e. The second-order valence-electron chi connectivity index (χ2n) is 14.7. The lowest BCUT2D eigenvalue weighted by Gasteiger charge is -2.23. The highest BCUT2D eigenvalue weighted by atomic mass is 35.5. The molecule has 0 spiro atoms. The Morgan fingerprint density at radius 3 is 2.08 bits per heavy atom. The van der Waals surface area contributed by atoms with Gasteiger partial charge in [-0.15, -0.1) is 6.58 Å². The minimum atomic E-state index is -1.03. The molecule has 0 heterocycles. The number of ether oxygens (including phenoxy) is 2. The van der Waals surface area contributed by atoms with Gasteiger partial charge in [0, 0.05) is 23.5 Å². The van der Waals surface area contributed by atoms with E-state index in [0.29, 0.717) is 49.2 Å². The van der Waals surface area contributed by atoms with Crippen molar-refractivity contribution >= 4 is 51.1 Å². The highest BCUT2D eigenvalue weighted by Gasteiger charge is 2.31. The van der Waals surface area contributed by atoms with Crippen LogP contribution in [-0.4, -0.2) is 66.4 Å². The summed E-state index contributed by atoms with van der Waals surface area (Å²) in [6.45, 7) is 4.34. The van der Waals surface area contributed by atoms with Crippen molar-refractivity contribution in [2.24, 2.45) is 17.4 Å². The molecular formula is C47H56Cl2N6O7. The van der Waals surface area contributed by atoms with Gasteiger partial charge in [-0.3, -0.25) is 30.8 Å². The predicted molar refractivity (Wildman–Crippen MR) is 232 cm³/mol. The number of phenols is 1. The van der Waals surface area contributed by atoms with Crippen molar-refractivity contribution in [3.8, 4) is 22.6 Å². The molecule has 0 saturated carbocycles. The molecule has 0 fully saturated rings. The number of rotatable bonds is 23. The SMILES string of the molecule is C=CC[C@H](NC(=O)[C@@H](CCC[NH+]=C(N)N)CC(=O)[C@@H](CCCC[NH3+])NC(=O)COc1ccc2ccccc2c1-c1c(O)ccc2ccccc12)C(=O)OCc1ccccc1.[Cl-].[Cl-]. The van der Waals surface area contributed by atoms with E-state index in [-0.39, 0.29) is 68.2 Å². The van der Waals surface area contributed by atoms with Crippen LogP contribution in [0.1, 0.15) is 50.5 Å². The Morgan fingerprint density at radius 1 is 0.774 bits per heavy atom. The summed E-state index contributed by atoms with van der Waals surface area (Å²) in [4.78, 5) is 57.6. The molecule has 330 valence electrons. The zero-order valence-corrected chi connectivity index (χ0v) is 36.1. The number of guanidine groups is 1. The Balaban J connectivity index is 0.00000512. The number of carbonyl (C=O) groups excluding carboxylic acids is 4. The smallest absolute Gasteiger partial charge is 0.338 e. The van der Waals surface area contributed by atoms with Gasteiger partial charge in [-0.05, 0) is 77.8 Å². The van der Waals surface area contributed by atoms with E-state index in [1.165, 1.54) is 6.08 Å². The van der Waals surface area contributed by atoms with Crippen LogP contribution < -0.4 is 62.4 Å². The van der Waals surface area contributed by atoms with Crippen molar-refractivity contribution in [3.05, 3.63) is 121 Å². The number of unbranched alkanes of at least 4 members (excludes halogenated alkanes) is 1. The average molecular weight is 888 g/mol. The molecule has 62 heavy (non-hydrogen) atoms. The number of nitrogens with one attached hydrogen (secondary N) is 3. The summed E-state index contributed by atoms with van der Waals surface area (Å²) in [6, 6.07) is 29.8. The Bertz CT molecular complexity index is 2310. The molecular weight excluding hydrogens is 831 g/mol. The molecule has 2 amide bonds. The maximum absolute atomic E-state index is 14.1. The van der Waals surface area contributed by atoms with Crippen LogP contribution in [0.25, 0.3) is 32.7 Å². The molecule has 0 saturated heterocycles. The summed E-state index contributed by atoms with van der Waals surface area (Å²) in [5, 5.41) is 20.4. The van der Waals surface area contributed by atoms with Crippen LogP contribution in [0.3, 0.4) is 0 Å². The fourth-order valence-electron chi connectivity index (χ4n) is 7.16. The van der Waals surface area contributed by atoms with Crippen LogP contribution in [0.4, 0.5) is 0 Å². The summed E-state index contributed by atoms with van der Waals surface area (Å²) in [5.41, 5.74) is 17.1. The Morgan fingerprint density at radius 2 is 1.42 bits per heavy atom. The first-order valence-electron chi connectivity index (χ1n) is 20.3. The van der Waals surface area contributed by atoms with Crippen molar-refractivity contribution in [2.45, 2.75) is 63.6 Å². The van der Waals surface area contributed by atoms with E-state index in [1.807, 2.05) is 91.0 Å². The number of aromatic hydroxyl groups is 1. The van der Waals surface area contributed by atoms with Crippen molar-refractivity contribution in [2.75, 3.05) is 19.7 Å². The zero-order valence-electron chi connectivity index (χ0n) is 34.6. The molecule has 0 aliphatic heterocycles. The fourth-order valence-corrected chi connectivity index (χ4v) is 7.16. The van der Waals surface area contributed by atoms with E-state index in [1.54, 1.807) is 12.1 Å². The lowest BCUT2D eigenvalue weighted by molar-refractivity contribution is -0.459. The Kier molecular flexibility index (Phi) is 20.7. The minimum absolute atomic E-state index is 0. The number of nitrogens with two attached hydrogens (primary N) is 2. The van der Waals surface area contributed by atoms with Gasteiger partial charge in [0.25, 0.3) is 5.91 Å². The van der Waals surface area contributed by atoms with Gasteiger partial charge in [-0.25, -0.2) is 4.79 Å². The molecule has 3 atom stereocenters. The summed E-state index contributed by atoms with van der Waals surface area (Å²) < 4.78 is 11.7. The minimum Gasteiger partial charge on any atom is -1.00 e. The van der Waals surface area contributed by atoms with E-state index >= 15 is 0 Å². The second-order valence-corrected chi connectivity index (χ2v) is 14.7. The van der Waals surface area contributed by atoms with Gasteiger partial charge in [0.15, 0.2) is 12.4 Å². The molecule has 11 N–H and O–H groups in total. The molecule has 0 radical (unpaired) electrons. The quantitative estimate of drug-likeness (QED) is 0.0118. The number of carbonyl (C=O) groups is 4. The van der Waals surface area contributed by atoms with Gasteiger partial charge < -0.3 is 55.8 Å². The third-order valence-corrected chi connectivity index (χ3v) is 10.2. The third kappa shape index (κ3) is 14.2. The molecule has 0 bridgehead atoms. The first kappa shape index (κ1) is 50.2. The summed E-state index contributed by atoms with van der Waals surface area (Å²) in [7, 11) is 0. The number of esters is 1. The van der Waals surface area contributed by atoms with Gasteiger partial charge in [0.1, 0.15) is 24.1 Å². The standard InChI is InChI=1S/C47H54N6O7.2ClH/c1-2-13-38(46(58)60-29-31-14-4-3-5-15-31)53-45(57)34(18-12-27-51-47(49)50)28-40(55)37(21-10-11-26-48)52-42(56)30-59-41-25-23-33-17-7-9-20-36(33)44(41)43-35-19-8-6-16-32(35)22-24-39(43)54;;/h2-9,14-17,19-20,22-25,34,37-38,54H,1,10-13,18,21,26-30,48H2,(H,52,56)(H,53,57)(H4,49,50,51);2*1H/t34-,37+,38-;;/m0../s1. The van der Waals surface area contributed by atoms with Gasteiger partial charge in [0.2, 0.25) is 5.91 Å². The van der Waals surface area contributed by atoms with Crippen molar-refractivity contribution in [1.82, 2.24) is 10.6 Å². The van der Waals surface area contributed by atoms with Gasteiger partial charge in [0.05, 0.1) is 19.1 Å². The monoisotopic (exact) mass is 886 g/mol. The van der Waals surface area contributed by atoms with Crippen LogP contribution in [0.15, 0.2) is 116 Å². The fraction of sp³-hybridized carbons (Fsp3) is 0.298. The maximum atomic E-state index is 14.1. The second kappa shape index (κ2) is 25.6. The number of fused-ring (bicyclic) bond motifs is 2. The summed E-state index contributed by atoms with van der Waals surface area (Å²) in [6.07, 6.45) is 3.77. The van der Waals surface area contributed by atoms with Crippen molar-refractivity contribution in [3.63, 3.8) is 0 Å². The number of hydrogen-bond acceptors (Lipinski definition) is 7. The molecule has 5 aromatic carbocycles. The topological polar surface area (TPSA) is 225 Å². The first-order valence-corrected chi connectivity index (χ1v) is 20.3. The van der Waals surface area contributed by atoms with Crippen molar-refractivity contribution in [1.29, 1.82) is 0 Å². The van der Waals surface area contributed by atoms with E-state index in [9.17, 15) is 24.3 Å². The van der Waals surface area contributed by atoms with Gasteiger partial charge >= 0.3 is 11.9 Å². The van der Waals surface area contributed by atoms with Crippen LogP contribution in [0, 0.1) is 5.92 Å². The molecule has 5 aromatic rings. The van der Waals surface area contributed by atoms with Crippen LogP contribution >= 0.6 is 0 Å². The average Bonchev–Trinajstić information content (AvgIpc) is 3.25. The predicted octanol–water partition coefficient (Wildman–Crippen LogP) is -2.84. The number of amides is 2. The zero-order chi connectivity index (χ0) is 42.9. The van der Waals surface area contributed by atoms with Crippen molar-refractivity contribution < 1.29 is 69.3 Å². The van der Waals surface area contributed by atoms with Gasteiger partial charge in [-0.1, -0.05) is 97.1 Å². The van der Waals surface area contributed by atoms with E-state index in [4.69, 9.17) is 20.9 Å². The van der Waals surface area contributed by atoms with E-state index in [0.717, 1.165) is 33.5 Å². The number of phenolic OH excluding ortho intramolecular Hbond substituents is 1. The van der Waals surface area contributed by atoms with E-state index in [2.05, 4.69) is 27.9 Å².